The minimum atomic E-state index is -0.142. The summed E-state index contributed by atoms with van der Waals surface area (Å²) in [4.78, 5) is 17.2. The number of nitrogens with one attached hydrogen (secondary N) is 2. The van der Waals surface area contributed by atoms with Gasteiger partial charge in [0, 0.05) is 17.7 Å². The van der Waals surface area contributed by atoms with Crippen molar-refractivity contribution in [3.05, 3.63) is 59.1 Å². The third kappa shape index (κ3) is 3.88. The van der Waals surface area contributed by atoms with Crippen LogP contribution in [-0.2, 0) is 17.8 Å². The van der Waals surface area contributed by atoms with Gasteiger partial charge in [-0.3, -0.25) is 14.5 Å². The van der Waals surface area contributed by atoms with E-state index in [1.165, 1.54) is 0 Å². The summed E-state index contributed by atoms with van der Waals surface area (Å²) in [7, 11) is 0. The first-order valence-electron chi connectivity index (χ1n) is 9.04. The lowest BCUT2D eigenvalue weighted by Crippen LogP contribution is -2.20. The number of aromatic amines is 1. The minimum absolute atomic E-state index is 0.135. The van der Waals surface area contributed by atoms with Gasteiger partial charge in [0.1, 0.15) is 17.4 Å². The summed E-state index contributed by atoms with van der Waals surface area (Å²) in [5, 5.41) is 10.8. The van der Waals surface area contributed by atoms with Gasteiger partial charge in [-0.05, 0) is 42.9 Å². The first kappa shape index (κ1) is 18.5. The Balaban J connectivity index is 1.53. The number of hydrogen-bond acceptors (Lipinski definition) is 5. The number of hydrogen-bond donors (Lipinski definition) is 2. The van der Waals surface area contributed by atoms with Gasteiger partial charge in [0.05, 0.1) is 10.2 Å². The number of para-hydroxylation sites is 1. The van der Waals surface area contributed by atoms with E-state index in [0.29, 0.717) is 4.77 Å². The van der Waals surface area contributed by atoms with Gasteiger partial charge in [0.15, 0.2) is 4.77 Å². The number of rotatable bonds is 6. The summed E-state index contributed by atoms with van der Waals surface area (Å²) >= 11 is 6.88. The number of aryl methyl sites for hydroxylation is 1. The fourth-order valence-electron chi connectivity index (χ4n) is 3.00. The van der Waals surface area contributed by atoms with E-state index in [2.05, 4.69) is 33.5 Å². The molecule has 0 unspecified atom stereocenters. The van der Waals surface area contributed by atoms with Crippen LogP contribution in [0.5, 0.6) is 0 Å². The lowest BCUT2D eigenvalue weighted by Gasteiger charge is -2.08. The number of carbonyl (C=O) groups excluding carboxylic acids is 1. The molecule has 2 aromatic heterocycles. The van der Waals surface area contributed by atoms with Crippen molar-refractivity contribution in [2.24, 2.45) is 0 Å². The topological polar surface area (TPSA) is 75.6 Å². The van der Waals surface area contributed by atoms with Crippen molar-refractivity contribution < 1.29 is 4.79 Å². The first-order valence-corrected chi connectivity index (χ1v) is 10.3. The Morgan fingerprint density at radius 3 is 2.93 bits per heavy atom. The lowest BCUT2D eigenvalue weighted by atomic mass is 10.2. The van der Waals surface area contributed by atoms with E-state index < -0.39 is 0 Å². The van der Waals surface area contributed by atoms with E-state index in [9.17, 15) is 4.79 Å². The summed E-state index contributed by atoms with van der Waals surface area (Å²) in [6, 6.07) is 15.8. The second-order valence-corrected chi connectivity index (χ2v) is 7.81. The second kappa shape index (κ2) is 8.04. The SMILES string of the molecule is CCCc1n[nH]c(=S)n1CC(=O)Nc1cccc(-c2nc3ccccc3s2)c1. The van der Waals surface area contributed by atoms with Crippen LogP contribution in [0, 0.1) is 4.77 Å². The molecular weight excluding hydrogens is 390 g/mol. The number of benzene rings is 2. The van der Waals surface area contributed by atoms with Gasteiger partial charge in [-0.25, -0.2) is 4.98 Å². The average molecular weight is 410 g/mol. The molecule has 0 aliphatic carbocycles. The fraction of sp³-hybridized carbons (Fsp3) is 0.200. The number of amides is 1. The Morgan fingerprint density at radius 2 is 2.11 bits per heavy atom. The number of aromatic nitrogens is 4. The Hall–Kier alpha value is -2.84. The van der Waals surface area contributed by atoms with Gasteiger partial charge >= 0.3 is 0 Å². The van der Waals surface area contributed by atoms with Crippen LogP contribution < -0.4 is 5.32 Å². The molecule has 2 heterocycles. The molecule has 6 nitrogen and oxygen atoms in total. The zero-order valence-corrected chi connectivity index (χ0v) is 16.9. The summed E-state index contributed by atoms with van der Waals surface area (Å²) in [5.74, 6) is 0.655. The highest BCUT2D eigenvalue weighted by Gasteiger charge is 2.11. The van der Waals surface area contributed by atoms with Gasteiger partial charge in [-0.1, -0.05) is 31.2 Å². The molecule has 0 aliphatic heterocycles. The third-order valence-corrected chi connectivity index (χ3v) is 5.70. The van der Waals surface area contributed by atoms with Crippen molar-refractivity contribution in [1.82, 2.24) is 19.7 Å². The van der Waals surface area contributed by atoms with Crippen LogP contribution in [0.25, 0.3) is 20.8 Å². The van der Waals surface area contributed by atoms with Crippen LogP contribution in [0.2, 0.25) is 0 Å². The molecule has 0 aliphatic rings. The van der Waals surface area contributed by atoms with Gasteiger partial charge in [-0.15, -0.1) is 11.3 Å². The molecule has 4 rings (SSSR count). The van der Waals surface area contributed by atoms with E-state index in [-0.39, 0.29) is 12.5 Å². The van der Waals surface area contributed by atoms with Crippen LogP contribution in [0.3, 0.4) is 0 Å². The van der Waals surface area contributed by atoms with Crippen LogP contribution in [0.4, 0.5) is 5.69 Å². The number of fused-ring (bicyclic) bond motifs is 1. The number of thiazole rings is 1. The Bertz CT molecular complexity index is 1160. The highest BCUT2D eigenvalue weighted by atomic mass is 32.1. The highest BCUT2D eigenvalue weighted by Crippen LogP contribution is 2.31. The molecule has 2 aromatic carbocycles. The predicted octanol–water partition coefficient (Wildman–Crippen LogP) is 4.81. The maximum atomic E-state index is 12.5. The van der Waals surface area contributed by atoms with Crippen molar-refractivity contribution in [2.45, 2.75) is 26.3 Å². The van der Waals surface area contributed by atoms with Crippen LogP contribution in [0.1, 0.15) is 19.2 Å². The Labute approximate surface area is 171 Å². The second-order valence-electron chi connectivity index (χ2n) is 6.40. The van der Waals surface area contributed by atoms with Crippen molar-refractivity contribution >= 4 is 45.4 Å². The Kier molecular flexibility index (Phi) is 5.31. The first-order chi connectivity index (χ1) is 13.6. The molecule has 0 bridgehead atoms. The monoisotopic (exact) mass is 409 g/mol. The van der Waals surface area contributed by atoms with E-state index in [1.54, 1.807) is 15.9 Å². The molecule has 0 atom stereocenters. The molecule has 2 N–H and O–H groups in total. The Morgan fingerprint density at radius 1 is 1.25 bits per heavy atom. The van der Waals surface area contributed by atoms with Gasteiger partial charge < -0.3 is 5.32 Å². The number of anilines is 1. The smallest absolute Gasteiger partial charge is 0.244 e. The highest BCUT2D eigenvalue weighted by molar-refractivity contribution is 7.71. The van der Waals surface area contributed by atoms with Gasteiger partial charge in [-0.2, -0.15) is 5.10 Å². The molecule has 1 amide bonds. The maximum absolute atomic E-state index is 12.5. The van der Waals surface area contributed by atoms with Crippen LogP contribution in [-0.4, -0.2) is 25.7 Å². The molecule has 0 saturated carbocycles. The van der Waals surface area contributed by atoms with Crippen LogP contribution >= 0.6 is 23.6 Å². The van der Waals surface area contributed by atoms with E-state index >= 15 is 0 Å². The summed E-state index contributed by atoms with van der Waals surface area (Å²) in [6.45, 7) is 2.20. The molecule has 0 fully saturated rings. The van der Waals surface area contributed by atoms with Crippen LogP contribution in [0.15, 0.2) is 48.5 Å². The summed E-state index contributed by atoms with van der Waals surface area (Å²) < 4.78 is 3.34. The van der Waals surface area contributed by atoms with E-state index in [0.717, 1.165) is 45.1 Å². The average Bonchev–Trinajstić information content (AvgIpc) is 3.27. The standard InChI is InChI=1S/C20H19N5OS2/c1-2-6-17-23-24-20(27)25(17)12-18(26)21-14-8-5-7-13(11-14)19-22-15-9-3-4-10-16(15)28-19/h3-5,7-11H,2,6,12H2,1H3,(H,21,26)(H,24,27). The molecule has 0 spiro atoms. The molecule has 0 radical (unpaired) electrons. The number of H-pyrrole nitrogens is 1. The predicted molar refractivity (Wildman–Crippen MR) is 115 cm³/mol. The molecule has 28 heavy (non-hydrogen) atoms. The quantitative estimate of drug-likeness (QED) is 0.448. The lowest BCUT2D eigenvalue weighted by molar-refractivity contribution is -0.116. The molecule has 8 heteroatoms. The normalized spacial score (nSPS) is 11.0. The molecule has 0 saturated heterocycles. The zero-order valence-electron chi connectivity index (χ0n) is 15.3. The minimum Gasteiger partial charge on any atom is -0.325 e. The number of nitrogens with zero attached hydrogens (tertiary/aromatic N) is 3. The largest absolute Gasteiger partial charge is 0.325 e. The van der Waals surface area contributed by atoms with Gasteiger partial charge in [0.2, 0.25) is 5.91 Å². The van der Waals surface area contributed by atoms with Crippen molar-refractivity contribution in [2.75, 3.05) is 5.32 Å². The third-order valence-electron chi connectivity index (χ3n) is 4.30. The molecule has 142 valence electrons. The summed E-state index contributed by atoms with van der Waals surface area (Å²) in [6.07, 6.45) is 1.71. The molecular formula is C20H19N5OS2. The van der Waals surface area contributed by atoms with E-state index in [4.69, 9.17) is 12.2 Å². The number of carbonyl (C=O) groups is 1. The van der Waals surface area contributed by atoms with Gasteiger partial charge in [0.25, 0.3) is 0 Å². The van der Waals surface area contributed by atoms with E-state index in [1.807, 2.05) is 42.5 Å². The fourth-order valence-corrected chi connectivity index (χ4v) is 4.18. The summed E-state index contributed by atoms with van der Waals surface area (Å²) in [5.41, 5.74) is 2.69. The maximum Gasteiger partial charge on any atom is 0.244 e. The van der Waals surface area contributed by atoms with Crippen molar-refractivity contribution in [3.63, 3.8) is 0 Å². The van der Waals surface area contributed by atoms with Crippen molar-refractivity contribution in [1.29, 1.82) is 0 Å². The molecule has 4 aromatic rings. The van der Waals surface area contributed by atoms with Crippen molar-refractivity contribution in [3.8, 4) is 10.6 Å². The zero-order chi connectivity index (χ0) is 19.5.